The molecule has 5 heteroatoms. The molecule has 0 aromatic carbocycles. The Labute approximate surface area is 117 Å². The van der Waals surface area contributed by atoms with Crippen LogP contribution in [-0.2, 0) is 0 Å². The van der Waals surface area contributed by atoms with Crippen molar-refractivity contribution in [3.63, 3.8) is 0 Å². The van der Waals surface area contributed by atoms with E-state index in [0.29, 0.717) is 23.3 Å². The number of furan rings is 1. The van der Waals surface area contributed by atoms with E-state index < -0.39 is 0 Å². The zero-order chi connectivity index (χ0) is 14.1. The molecule has 2 aromatic heterocycles. The fraction of sp³-hybridized carbons (Fsp3) is 0.467. The van der Waals surface area contributed by atoms with Crippen LogP contribution in [0.5, 0.6) is 0 Å². The van der Waals surface area contributed by atoms with E-state index in [1.165, 1.54) is 6.42 Å². The Morgan fingerprint density at radius 2 is 2.30 bits per heavy atom. The summed E-state index contributed by atoms with van der Waals surface area (Å²) in [6.07, 6.45) is 5.00. The third kappa shape index (κ3) is 2.35. The van der Waals surface area contributed by atoms with Crippen molar-refractivity contribution in [3.05, 3.63) is 41.5 Å². The number of nitrogens with one attached hydrogen (secondary N) is 1. The monoisotopic (exact) mass is 274 g/mol. The number of nitrogens with zero attached hydrogens (tertiary/aromatic N) is 1. The molecule has 1 amide bonds. The van der Waals surface area contributed by atoms with Gasteiger partial charge in [-0.3, -0.25) is 4.79 Å². The van der Waals surface area contributed by atoms with Gasteiger partial charge >= 0.3 is 0 Å². The molecule has 0 unspecified atom stereocenters. The van der Waals surface area contributed by atoms with Gasteiger partial charge in [0.05, 0.1) is 12.3 Å². The van der Waals surface area contributed by atoms with Crippen LogP contribution in [0.2, 0.25) is 0 Å². The normalized spacial score (nSPS) is 16.7. The molecule has 1 saturated carbocycles. The Morgan fingerprint density at radius 1 is 1.50 bits per heavy atom. The van der Waals surface area contributed by atoms with Gasteiger partial charge in [-0.25, -0.2) is 4.98 Å². The summed E-state index contributed by atoms with van der Waals surface area (Å²) >= 11 is 0. The van der Waals surface area contributed by atoms with Crippen LogP contribution in [0.25, 0.3) is 0 Å². The van der Waals surface area contributed by atoms with Crippen LogP contribution < -0.4 is 5.32 Å². The Bertz CT molecular complexity index is 597. The maximum atomic E-state index is 12.2. The van der Waals surface area contributed by atoms with Crippen molar-refractivity contribution in [1.29, 1.82) is 0 Å². The lowest BCUT2D eigenvalue weighted by molar-refractivity contribution is 0.0929. The molecule has 0 bridgehead atoms. The smallest absolute Gasteiger partial charge is 0.274 e. The van der Waals surface area contributed by atoms with E-state index in [-0.39, 0.29) is 11.9 Å². The van der Waals surface area contributed by atoms with Crippen LogP contribution in [0, 0.1) is 6.92 Å². The molecule has 0 aliphatic heterocycles. The molecule has 1 aliphatic carbocycles. The van der Waals surface area contributed by atoms with Crippen molar-refractivity contribution in [2.75, 3.05) is 0 Å². The second-order valence-electron chi connectivity index (χ2n) is 5.30. The third-order valence-electron chi connectivity index (χ3n) is 3.80. The lowest BCUT2D eigenvalue weighted by atomic mass is 9.85. The van der Waals surface area contributed by atoms with E-state index in [1.807, 2.05) is 13.0 Å². The van der Waals surface area contributed by atoms with Gasteiger partial charge in [0.15, 0.2) is 11.6 Å². The van der Waals surface area contributed by atoms with Gasteiger partial charge in [0.2, 0.25) is 0 Å². The molecule has 20 heavy (non-hydrogen) atoms. The largest absolute Gasteiger partial charge is 0.467 e. The summed E-state index contributed by atoms with van der Waals surface area (Å²) in [4.78, 5) is 16.6. The van der Waals surface area contributed by atoms with Crippen molar-refractivity contribution in [3.8, 4) is 0 Å². The lowest BCUT2D eigenvalue weighted by Crippen LogP contribution is -2.27. The fourth-order valence-electron chi connectivity index (χ4n) is 2.33. The van der Waals surface area contributed by atoms with Crippen LogP contribution in [-0.4, -0.2) is 10.9 Å². The maximum absolute atomic E-state index is 12.2. The summed E-state index contributed by atoms with van der Waals surface area (Å²) in [7, 11) is 0. The van der Waals surface area contributed by atoms with Gasteiger partial charge in [0, 0.05) is 5.92 Å². The summed E-state index contributed by atoms with van der Waals surface area (Å²) < 4.78 is 10.9. The topological polar surface area (TPSA) is 68.3 Å². The molecule has 1 N–H and O–H groups in total. The second kappa shape index (κ2) is 5.15. The predicted octanol–water partition coefficient (Wildman–Crippen LogP) is 3.33. The summed E-state index contributed by atoms with van der Waals surface area (Å²) in [6.45, 7) is 3.65. The number of carbonyl (C=O) groups excluding carboxylic acids is 1. The highest BCUT2D eigenvalue weighted by molar-refractivity contribution is 5.93. The molecule has 3 rings (SSSR count). The van der Waals surface area contributed by atoms with E-state index in [1.54, 1.807) is 19.3 Å². The summed E-state index contributed by atoms with van der Waals surface area (Å²) in [5, 5.41) is 2.87. The quantitative estimate of drug-likeness (QED) is 0.928. The zero-order valence-electron chi connectivity index (χ0n) is 11.7. The number of hydrogen-bond donors (Lipinski definition) is 1. The number of aromatic nitrogens is 1. The SMILES string of the molecule is Cc1oc(C2CCC2)nc1C(=O)N[C@H](C)c1ccco1. The minimum Gasteiger partial charge on any atom is -0.467 e. The van der Waals surface area contributed by atoms with Crippen LogP contribution in [0.1, 0.15) is 66.0 Å². The number of aryl methyl sites for hydroxylation is 1. The first-order valence-electron chi connectivity index (χ1n) is 6.96. The first-order valence-corrected chi connectivity index (χ1v) is 6.96. The highest BCUT2D eigenvalue weighted by atomic mass is 16.4. The molecule has 0 radical (unpaired) electrons. The predicted molar refractivity (Wildman–Crippen MR) is 72.4 cm³/mol. The minimum absolute atomic E-state index is 0.194. The Hall–Kier alpha value is -2.04. The summed E-state index contributed by atoms with van der Waals surface area (Å²) in [5.74, 6) is 2.16. The van der Waals surface area contributed by atoms with Gasteiger partial charge in [-0.1, -0.05) is 6.42 Å². The highest BCUT2D eigenvalue weighted by Gasteiger charge is 2.27. The van der Waals surface area contributed by atoms with Crippen molar-refractivity contribution >= 4 is 5.91 Å². The molecule has 1 atom stereocenters. The number of amides is 1. The standard InChI is InChI=1S/C15H18N2O3/c1-9(12-7-4-8-19-12)16-14(18)13-10(2)20-15(17-13)11-5-3-6-11/h4,7-9,11H,3,5-6H2,1-2H3,(H,16,18)/t9-/m1/s1. The van der Waals surface area contributed by atoms with E-state index in [2.05, 4.69) is 10.3 Å². The molecule has 5 nitrogen and oxygen atoms in total. The molecule has 2 aromatic rings. The molecule has 2 heterocycles. The Morgan fingerprint density at radius 3 is 2.90 bits per heavy atom. The molecular weight excluding hydrogens is 256 g/mol. The van der Waals surface area contributed by atoms with Crippen molar-refractivity contribution in [2.24, 2.45) is 0 Å². The van der Waals surface area contributed by atoms with E-state index in [0.717, 1.165) is 18.6 Å². The average molecular weight is 274 g/mol. The fourth-order valence-corrected chi connectivity index (χ4v) is 2.33. The van der Waals surface area contributed by atoms with Crippen LogP contribution in [0.15, 0.2) is 27.2 Å². The molecule has 1 aliphatic rings. The van der Waals surface area contributed by atoms with Crippen molar-refractivity contribution < 1.29 is 13.6 Å². The highest BCUT2D eigenvalue weighted by Crippen LogP contribution is 2.36. The zero-order valence-corrected chi connectivity index (χ0v) is 11.7. The maximum Gasteiger partial charge on any atom is 0.274 e. The number of oxazole rings is 1. The van der Waals surface area contributed by atoms with Crippen LogP contribution in [0.4, 0.5) is 0 Å². The van der Waals surface area contributed by atoms with E-state index in [4.69, 9.17) is 8.83 Å². The van der Waals surface area contributed by atoms with Crippen LogP contribution >= 0.6 is 0 Å². The number of rotatable bonds is 4. The van der Waals surface area contributed by atoms with Crippen LogP contribution in [0.3, 0.4) is 0 Å². The molecule has 0 spiro atoms. The Balaban J connectivity index is 1.72. The number of hydrogen-bond acceptors (Lipinski definition) is 4. The molecular formula is C15H18N2O3. The average Bonchev–Trinajstić information content (AvgIpc) is 2.96. The van der Waals surface area contributed by atoms with Gasteiger partial charge in [-0.15, -0.1) is 0 Å². The molecule has 106 valence electrons. The number of carbonyl (C=O) groups is 1. The first kappa shape index (κ1) is 13.0. The van der Waals surface area contributed by atoms with Gasteiger partial charge in [0.1, 0.15) is 11.5 Å². The van der Waals surface area contributed by atoms with Gasteiger partial charge in [0.25, 0.3) is 5.91 Å². The van der Waals surface area contributed by atoms with Gasteiger partial charge < -0.3 is 14.2 Å². The Kier molecular flexibility index (Phi) is 3.34. The summed E-state index contributed by atoms with van der Waals surface area (Å²) in [6, 6.07) is 3.44. The lowest BCUT2D eigenvalue weighted by Gasteiger charge is -2.21. The van der Waals surface area contributed by atoms with Gasteiger partial charge in [-0.2, -0.15) is 0 Å². The van der Waals surface area contributed by atoms with Crippen molar-refractivity contribution in [1.82, 2.24) is 10.3 Å². The third-order valence-corrected chi connectivity index (χ3v) is 3.80. The summed E-state index contributed by atoms with van der Waals surface area (Å²) in [5.41, 5.74) is 0.380. The molecule has 1 fully saturated rings. The van der Waals surface area contributed by atoms with E-state index in [9.17, 15) is 4.79 Å². The van der Waals surface area contributed by atoms with Crippen molar-refractivity contribution in [2.45, 2.75) is 45.1 Å². The van der Waals surface area contributed by atoms with Gasteiger partial charge in [-0.05, 0) is 38.8 Å². The minimum atomic E-state index is -0.222. The first-order chi connectivity index (χ1) is 9.65. The molecule has 0 saturated heterocycles. The van der Waals surface area contributed by atoms with E-state index >= 15 is 0 Å². The second-order valence-corrected chi connectivity index (χ2v) is 5.30.